The zero-order valence-corrected chi connectivity index (χ0v) is 15.5. The summed E-state index contributed by atoms with van der Waals surface area (Å²) in [5, 5.41) is 2.52. The Labute approximate surface area is 155 Å². The van der Waals surface area contributed by atoms with Crippen LogP contribution in [0.3, 0.4) is 0 Å². The molecule has 0 aliphatic rings. The zero-order valence-electron chi connectivity index (χ0n) is 15.5. The fourth-order valence-electron chi connectivity index (χ4n) is 2.51. The van der Waals surface area contributed by atoms with Crippen LogP contribution in [0.1, 0.15) is 46.0 Å². The van der Waals surface area contributed by atoms with E-state index in [2.05, 4.69) is 10.3 Å². The third kappa shape index (κ3) is 4.72. The van der Waals surface area contributed by atoms with Crippen LogP contribution < -0.4 is 5.32 Å². The SMILES string of the molecule is CCOC(=O)c1c(C)[nH]c(C(=O)O[C@@H](C)C(=O)Nc2ccc(F)cc2)c1C. The van der Waals surface area contributed by atoms with Crippen LogP contribution in [0.2, 0.25) is 0 Å². The minimum absolute atomic E-state index is 0.0805. The summed E-state index contributed by atoms with van der Waals surface area (Å²) in [6.07, 6.45) is -1.10. The Kier molecular flexibility index (Phi) is 6.33. The number of aromatic nitrogens is 1. The number of benzene rings is 1. The van der Waals surface area contributed by atoms with Crippen molar-refractivity contribution in [3.8, 4) is 0 Å². The molecule has 1 heterocycles. The second-order valence-corrected chi connectivity index (χ2v) is 5.89. The van der Waals surface area contributed by atoms with Gasteiger partial charge in [0, 0.05) is 11.4 Å². The van der Waals surface area contributed by atoms with Gasteiger partial charge >= 0.3 is 11.9 Å². The van der Waals surface area contributed by atoms with Crippen LogP contribution in [0.15, 0.2) is 24.3 Å². The van der Waals surface area contributed by atoms with Crippen molar-refractivity contribution in [2.24, 2.45) is 0 Å². The van der Waals surface area contributed by atoms with E-state index in [1.54, 1.807) is 20.8 Å². The minimum Gasteiger partial charge on any atom is -0.462 e. The second kappa shape index (κ2) is 8.48. The zero-order chi connectivity index (χ0) is 20.1. The highest BCUT2D eigenvalue weighted by Crippen LogP contribution is 2.20. The molecule has 1 amide bonds. The average Bonchev–Trinajstić information content (AvgIpc) is 2.91. The first-order chi connectivity index (χ1) is 12.7. The Morgan fingerprint density at radius 3 is 2.37 bits per heavy atom. The molecular formula is C19H21FN2O5. The lowest BCUT2D eigenvalue weighted by molar-refractivity contribution is -0.123. The Bertz CT molecular complexity index is 858. The number of anilines is 1. The Hall–Kier alpha value is -3.16. The van der Waals surface area contributed by atoms with Gasteiger partial charge in [-0.15, -0.1) is 0 Å². The molecule has 0 bridgehead atoms. The van der Waals surface area contributed by atoms with E-state index >= 15 is 0 Å². The van der Waals surface area contributed by atoms with Gasteiger partial charge in [-0.25, -0.2) is 14.0 Å². The molecule has 2 N–H and O–H groups in total. The number of halogens is 1. The maximum absolute atomic E-state index is 12.9. The maximum atomic E-state index is 12.9. The summed E-state index contributed by atoms with van der Waals surface area (Å²) < 4.78 is 23.1. The number of rotatable bonds is 6. The number of hydrogen-bond acceptors (Lipinski definition) is 5. The molecule has 144 valence electrons. The number of hydrogen-bond donors (Lipinski definition) is 2. The van der Waals surface area contributed by atoms with Crippen molar-refractivity contribution >= 4 is 23.5 Å². The minimum atomic E-state index is -1.10. The number of amides is 1. The Balaban J connectivity index is 2.07. The molecule has 2 rings (SSSR count). The van der Waals surface area contributed by atoms with Crippen molar-refractivity contribution in [2.75, 3.05) is 11.9 Å². The molecule has 0 saturated carbocycles. The molecule has 0 spiro atoms. The van der Waals surface area contributed by atoms with Crippen molar-refractivity contribution in [3.63, 3.8) is 0 Å². The van der Waals surface area contributed by atoms with E-state index in [9.17, 15) is 18.8 Å². The van der Waals surface area contributed by atoms with Crippen LogP contribution >= 0.6 is 0 Å². The standard InChI is InChI=1S/C19H21FN2O5/c1-5-26-18(24)15-10(2)16(21-11(15)3)19(25)27-12(4)17(23)22-14-8-6-13(20)7-9-14/h6-9,12,21H,5H2,1-4H3,(H,22,23)/t12-/m0/s1. The van der Waals surface area contributed by atoms with E-state index in [-0.39, 0.29) is 17.9 Å². The summed E-state index contributed by atoms with van der Waals surface area (Å²) in [5.74, 6) is -2.30. The molecule has 0 radical (unpaired) electrons. The molecule has 27 heavy (non-hydrogen) atoms. The van der Waals surface area contributed by atoms with E-state index < -0.39 is 29.8 Å². The predicted octanol–water partition coefficient (Wildman–Crippen LogP) is 3.13. The van der Waals surface area contributed by atoms with E-state index in [0.717, 1.165) is 0 Å². The fourth-order valence-corrected chi connectivity index (χ4v) is 2.51. The van der Waals surface area contributed by atoms with Gasteiger partial charge in [-0.05, 0) is 57.5 Å². The molecule has 7 nitrogen and oxygen atoms in total. The molecule has 0 saturated heterocycles. The number of carbonyl (C=O) groups excluding carboxylic acids is 3. The lowest BCUT2D eigenvalue weighted by Gasteiger charge is -2.13. The third-order valence-electron chi connectivity index (χ3n) is 3.89. The summed E-state index contributed by atoms with van der Waals surface area (Å²) in [5.41, 5.74) is 1.59. The van der Waals surface area contributed by atoms with Crippen LogP contribution in [0.5, 0.6) is 0 Å². The van der Waals surface area contributed by atoms with Gasteiger partial charge in [-0.2, -0.15) is 0 Å². The molecule has 0 aliphatic heterocycles. The Morgan fingerprint density at radius 1 is 1.15 bits per heavy atom. The predicted molar refractivity (Wildman–Crippen MR) is 96.1 cm³/mol. The van der Waals surface area contributed by atoms with Crippen LogP contribution in [-0.4, -0.2) is 35.5 Å². The molecular weight excluding hydrogens is 355 g/mol. The van der Waals surface area contributed by atoms with Crippen molar-refractivity contribution in [1.82, 2.24) is 4.98 Å². The van der Waals surface area contributed by atoms with Gasteiger partial charge in [0.05, 0.1) is 12.2 Å². The maximum Gasteiger partial charge on any atom is 0.355 e. The lowest BCUT2D eigenvalue weighted by atomic mass is 10.1. The van der Waals surface area contributed by atoms with E-state index in [1.165, 1.54) is 31.2 Å². The molecule has 0 fully saturated rings. The first-order valence-corrected chi connectivity index (χ1v) is 8.38. The number of nitrogens with one attached hydrogen (secondary N) is 2. The van der Waals surface area contributed by atoms with Crippen molar-refractivity contribution < 1.29 is 28.2 Å². The summed E-state index contributed by atoms with van der Waals surface area (Å²) >= 11 is 0. The van der Waals surface area contributed by atoms with Crippen LogP contribution in [-0.2, 0) is 14.3 Å². The van der Waals surface area contributed by atoms with E-state index in [0.29, 0.717) is 16.9 Å². The lowest BCUT2D eigenvalue weighted by Crippen LogP contribution is -2.30. The third-order valence-corrected chi connectivity index (χ3v) is 3.89. The van der Waals surface area contributed by atoms with Crippen LogP contribution in [0.25, 0.3) is 0 Å². The molecule has 2 aromatic rings. The summed E-state index contributed by atoms with van der Waals surface area (Å²) in [7, 11) is 0. The molecule has 0 aliphatic carbocycles. The first-order valence-electron chi connectivity index (χ1n) is 8.38. The highest BCUT2D eigenvalue weighted by molar-refractivity contribution is 6.00. The molecule has 8 heteroatoms. The van der Waals surface area contributed by atoms with Gasteiger partial charge in [0.1, 0.15) is 11.5 Å². The van der Waals surface area contributed by atoms with Crippen molar-refractivity contribution in [2.45, 2.75) is 33.8 Å². The molecule has 1 aromatic heterocycles. The highest BCUT2D eigenvalue weighted by atomic mass is 19.1. The number of carbonyl (C=O) groups is 3. The first kappa shape index (κ1) is 20.2. The quantitative estimate of drug-likeness (QED) is 0.755. The monoisotopic (exact) mass is 376 g/mol. The normalized spacial score (nSPS) is 11.6. The molecule has 0 unspecified atom stereocenters. The van der Waals surface area contributed by atoms with Crippen molar-refractivity contribution in [1.29, 1.82) is 0 Å². The molecule has 1 atom stereocenters. The summed E-state index contributed by atoms with van der Waals surface area (Å²) in [4.78, 5) is 39.3. The summed E-state index contributed by atoms with van der Waals surface area (Å²) in [6, 6.07) is 5.19. The molecule has 1 aromatic carbocycles. The topological polar surface area (TPSA) is 97.5 Å². The number of esters is 2. The van der Waals surface area contributed by atoms with Gasteiger partial charge in [-0.1, -0.05) is 0 Å². The van der Waals surface area contributed by atoms with Gasteiger partial charge in [-0.3, -0.25) is 4.79 Å². The van der Waals surface area contributed by atoms with Gasteiger partial charge in [0.2, 0.25) is 0 Å². The van der Waals surface area contributed by atoms with Crippen LogP contribution in [0, 0.1) is 19.7 Å². The van der Waals surface area contributed by atoms with Crippen molar-refractivity contribution in [3.05, 3.63) is 52.6 Å². The highest BCUT2D eigenvalue weighted by Gasteiger charge is 2.26. The Morgan fingerprint density at radius 2 is 1.78 bits per heavy atom. The van der Waals surface area contributed by atoms with Crippen LogP contribution in [0.4, 0.5) is 10.1 Å². The largest absolute Gasteiger partial charge is 0.462 e. The number of ether oxygens (including phenoxy) is 2. The van der Waals surface area contributed by atoms with Gasteiger partial charge in [0.15, 0.2) is 6.10 Å². The van der Waals surface area contributed by atoms with Gasteiger partial charge in [0.25, 0.3) is 5.91 Å². The number of H-pyrrole nitrogens is 1. The number of aryl methyl sites for hydroxylation is 1. The van der Waals surface area contributed by atoms with Gasteiger partial charge < -0.3 is 19.8 Å². The average molecular weight is 376 g/mol. The van der Waals surface area contributed by atoms with E-state index in [4.69, 9.17) is 9.47 Å². The summed E-state index contributed by atoms with van der Waals surface area (Å²) in [6.45, 7) is 6.54. The fraction of sp³-hybridized carbons (Fsp3) is 0.316. The number of aromatic amines is 1. The smallest absolute Gasteiger partial charge is 0.355 e. The second-order valence-electron chi connectivity index (χ2n) is 5.89. The van der Waals surface area contributed by atoms with E-state index in [1.807, 2.05) is 0 Å².